The third-order valence-electron chi connectivity index (χ3n) is 3.57. The van der Waals surface area contributed by atoms with Crippen LogP contribution < -0.4 is 5.73 Å². The minimum atomic E-state index is 0. The van der Waals surface area contributed by atoms with Gasteiger partial charge in [0.05, 0.1) is 0 Å². The Bertz CT molecular complexity index is 811. The van der Waals surface area contributed by atoms with Crippen LogP contribution in [0, 0.1) is 12.3 Å². The first kappa shape index (κ1) is 16.9. The topological polar surface area (TPSA) is 54.8 Å². The number of nitrogens with one attached hydrogen (secondary N) is 1. The summed E-state index contributed by atoms with van der Waals surface area (Å²) in [7, 11) is 0. The van der Waals surface area contributed by atoms with Gasteiger partial charge in [0.25, 0.3) is 0 Å². The molecule has 1 aromatic heterocycles. The molecule has 22 heavy (non-hydrogen) atoms. The second kappa shape index (κ2) is 7.19. The van der Waals surface area contributed by atoms with Crippen LogP contribution in [0.2, 0.25) is 0 Å². The summed E-state index contributed by atoms with van der Waals surface area (Å²) in [6.07, 6.45) is 2.09. The van der Waals surface area contributed by atoms with Crippen LogP contribution in [0.15, 0.2) is 59.6 Å². The molecule has 5 heteroatoms. The minimum Gasteiger partial charge on any atom is -0.378 e. The Kier molecular flexibility index (Phi) is 5.52. The van der Waals surface area contributed by atoms with Crippen molar-refractivity contribution in [3.05, 3.63) is 65.9 Å². The number of para-hydroxylation sites is 1. The third kappa shape index (κ3) is 3.47. The fourth-order valence-electron chi connectivity index (χ4n) is 2.51. The molecule has 0 bridgehead atoms. The number of aryl methyl sites for hydroxylation is 1. The Morgan fingerprint density at radius 3 is 2.55 bits per heavy atom. The molecule has 0 unspecified atom stereocenters. The van der Waals surface area contributed by atoms with Crippen molar-refractivity contribution in [3.63, 3.8) is 0 Å². The van der Waals surface area contributed by atoms with Gasteiger partial charge in [-0.05, 0) is 24.1 Å². The molecule has 3 nitrogen and oxygen atoms in total. The highest BCUT2D eigenvalue weighted by Crippen LogP contribution is 2.30. The standard InChI is InChI=1S/C17H17N3S.HI/c1-12-6-2-3-7-13(12)10-20-11-16(21-17(18)19)14-8-4-5-9-15(14)20;/h2-9,11H,10H2,1H3,(H3,18,19);1H. The Morgan fingerprint density at radius 2 is 1.82 bits per heavy atom. The van der Waals surface area contributed by atoms with Crippen LogP contribution in [0.4, 0.5) is 0 Å². The number of fused-ring (bicyclic) bond motifs is 1. The van der Waals surface area contributed by atoms with Crippen molar-refractivity contribution in [1.29, 1.82) is 5.41 Å². The molecule has 0 spiro atoms. The highest BCUT2D eigenvalue weighted by molar-refractivity contribution is 14.0. The first-order chi connectivity index (χ1) is 10.1. The van der Waals surface area contributed by atoms with Gasteiger partial charge in [-0.15, -0.1) is 24.0 Å². The van der Waals surface area contributed by atoms with E-state index in [9.17, 15) is 0 Å². The van der Waals surface area contributed by atoms with Gasteiger partial charge in [-0.3, -0.25) is 5.41 Å². The lowest BCUT2D eigenvalue weighted by Gasteiger charge is -2.08. The Hall–Kier alpha value is -1.47. The summed E-state index contributed by atoms with van der Waals surface area (Å²) in [6, 6.07) is 16.7. The predicted octanol–water partition coefficient (Wildman–Crippen LogP) is 4.60. The smallest absolute Gasteiger partial charge is 0.156 e. The van der Waals surface area contributed by atoms with E-state index in [1.54, 1.807) is 0 Å². The van der Waals surface area contributed by atoms with Gasteiger partial charge in [0.2, 0.25) is 0 Å². The number of nitrogens with two attached hydrogens (primary N) is 1. The SMILES string of the molecule is Cc1ccccc1Cn1cc(SC(=N)N)c2ccccc21.I. The largest absolute Gasteiger partial charge is 0.378 e. The number of nitrogens with zero attached hydrogens (tertiary/aromatic N) is 1. The normalized spacial score (nSPS) is 10.4. The van der Waals surface area contributed by atoms with E-state index in [1.807, 2.05) is 12.1 Å². The second-order valence-corrected chi connectivity index (χ2v) is 6.11. The highest BCUT2D eigenvalue weighted by Gasteiger charge is 2.10. The second-order valence-electron chi connectivity index (χ2n) is 5.03. The minimum absolute atomic E-state index is 0. The van der Waals surface area contributed by atoms with E-state index in [0.717, 1.165) is 16.8 Å². The summed E-state index contributed by atoms with van der Waals surface area (Å²) in [5.74, 6) is 0. The van der Waals surface area contributed by atoms with Gasteiger partial charge in [0.15, 0.2) is 5.17 Å². The number of rotatable bonds is 3. The monoisotopic (exact) mass is 423 g/mol. The first-order valence-corrected chi connectivity index (χ1v) is 7.61. The summed E-state index contributed by atoms with van der Waals surface area (Å²) in [5.41, 5.74) is 9.30. The number of halogens is 1. The van der Waals surface area contributed by atoms with E-state index in [0.29, 0.717) is 0 Å². The van der Waals surface area contributed by atoms with Gasteiger partial charge in [-0.1, -0.05) is 54.2 Å². The fourth-order valence-corrected chi connectivity index (χ4v) is 3.21. The summed E-state index contributed by atoms with van der Waals surface area (Å²) in [5, 5.41) is 8.77. The summed E-state index contributed by atoms with van der Waals surface area (Å²) >= 11 is 1.30. The third-order valence-corrected chi connectivity index (χ3v) is 4.34. The van der Waals surface area contributed by atoms with Crippen LogP contribution in [-0.2, 0) is 6.54 Å². The van der Waals surface area contributed by atoms with Gasteiger partial charge < -0.3 is 10.3 Å². The van der Waals surface area contributed by atoms with Crippen molar-refractivity contribution in [2.24, 2.45) is 5.73 Å². The van der Waals surface area contributed by atoms with Crippen LogP contribution in [0.25, 0.3) is 10.9 Å². The van der Waals surface area contributed by atoms with Crippen LogP contribution in [0.5, 0.6) is 0 Å². The Balaban J connectivity index is 0.00000176. The molecule has 0 aliphatic carbocycles. The molecule has 2 aromatic carbocycles. The maximum absolute atomic E-state index is 7.50. The molecule has 114 valence electrons. The number of aromatic nitrogens is 1. The molecular formula is C17H18IN3S. The molecular weight excluding hydrogens is 405 g/mol. The number of benzene rings is 2. The van der Waals surface area contributed by atoms with Gasteiger partial charge in [0.1, 0.15) is 0 Å². The number of hydrogen-bond acceptors (Lipinski definition) is 2. The summed E-state index contributed by atoms with van der Waals surface area (Å²) in [6.45, 7) is 2.96. The van der Waals surface area contributed by atoms with Gasteiger partial charge in [-0.2, -0.15) is 0 Å². The van der Waals surface area contributed by atoms with E-state index in [2.05, 4.69) is 54.1 Å². The van der Waals surface area contributed by atoms with Crippen molar-refractivity contribution in [1.82, 2.24) is 4.57 Å². The first-order valence-electron chi connectivity index (χ1n) is 6.79. The zero-order chi connectivity index (χ0) is 14.8. The maximum atomic E-state index is 7.50. The number of hydrogen-bond donors (Lipinski definition) is 2. The lowest BCUT2D eigenvalue weighted by Crippen LogP contribution is -2.02. The lowest BCUT2D eigenvalue weighted by molar-refractivity contribution is 0.824. The average molecular weight is 423 g/mol. The van der Waals surface area contributed by atoms with Crippen molar-refractivity contribution >= 4 is 51.8 Å². The van der Waals surface area contributed by atoms with Crippen molar-refractivity contribution in [2.75, 3.05) is 0 Å². The van der Waals surface area contributed by atoms with Crippen LogP contribution >= 0.6 is 35.7 Å². The molecule has 1 heterocycles. The quantitative estimate of drug-likeness (QED) is 0.280. The number of amidine groups is 1. The molecule has 0 fully saturated rings. The molecule has 0 aliphatic rings. The number of thioether (sulfide) groups is 1. The molecule has 3 N–H and O–H groups in total. The molecule has 0 radical (unpaired) electrons. The molecule has 3 rings (SSSR count). The fraction of sp³-hybridized carbons (Fsp3) is 0.118. The van der Waals surface area contributed by atoms with Crippen molar-refractivity contribution < 1.29 is 0 Å². The van der Waals surface area contributed by atoms with Gasteiger partial charge >= 0.3 is 0 Å². The Morgan fingerprint density at radius 1 is 1.14 bits per heavy atom. The van der Waals surface area contributed by atoms with Gasteiger partial charge in [0, 0.05) is 28.5 Å². The van der Waals surface area contributed by atoms with E-state index < -0.39 is 0 Å². The zero-order valence-electron chi connectivity index (χ0n) is 12.2. The maximum Gasteiger partial charge on any atom is 0.156 e. The summed E-state index contributed by atoms with van der Waals surface area (Å²) in [4.78, 5) is 1.03. The lowest BCUT2D eigenvalue weighted by atomic mass is 10.1. The molecule has 0 atom stereocenters. The Labute approximate surface area is 151 Å². The van der Waals surface area contributed by atoms with E-state index in [1.165, 1.54) is 28.4 Å². The van der Waals surface area contributed by atoms with E-state index >= 15 is 0 Å². The predicted molar refractivity (Wildman–Crippen MR) is 105 cm³/mol. The molecule has 0 aliphatic heterocycles. The van der Waals surface area contributed by atoms with Crippen molar-refractivity contribution in [3.8, 4) is 0 Å². The molecule has 0 saturated carbocycles. The van der Waals surface area contributed by atoms with Gasteiger partial charge in [-0.25, -0.2) is 0 Å². The summed E-state index contributed by atoms with van der Waals surface area (Å²) < 4.78 is 2.23. The van der Waals surface area contributed by atoms with E-state index in [4.69, 9.17) is 11.1 Å². The van der Waals surface area contributed by atoms with Crippen LogP contribution in [0.3, 0.4) is 0 Å². The van der Waals surface area contributed by atoms with Crippen LogP contribution in [-0.4, -0.2) is 9.73 Å². The molecule has 3 aromatic rings. The molecule has 0 saturated heterocycles. The van der Waals surface area contributed by atoms with E-state index in [-0.39, 0.29) is 29.1 Å². The average Bonchev–Trinajstić information content (AvgIpc) is 2.79. The zero-order valence-corrected chi connectivity index (χ0v) is 15.4. The highest BCUT2D eigenvalue weighted by atomic mass is 127. The van der Waals surface area contributed by atoms with Crippen molar-refractivity contribution in [2.45, 2.75) is 18.4 Å². The van der Waals surface area contributed by atoms with Crippen LogP contribution in [0.1, 0.15) is 11.1 Å². The molecule has 0 amide bonds.